The predicted molar refractivity (Wildman–Crippen MR) is 87.7 cm³/mol. The number of aromatic nitrogens is 3. The number of hydrogen-bond donors (Lipinski definition) is 0. The average molecular weight is 328 g/mol. The van der Waals surface area contributed by atoms with Gasteiger partial charge >= 0.3 is 5.76 Å². The molecule has 7 heteroatoms. The summed E-state index contributed by atoms with van der Waals surface area (Å²) in [6, 6.07) is 7.75. The van der Waals surface area contributed by atoms with Gasteiger partial charge in [-0.25, -0.2) is 4.79 Å². The highest BCUT2D eigenvalue weighted by Crippen LogP contribution is 2.30. The summed E-state index contributed by atoms with van der Waals surface area (Å²) in [6.45, 7) is 4.38. The fourth-order valence-electron chi connectivity index (χ4n) is 3.49. The predicted octanol–water partition coefficient (Wildman–Crippen LogP) is 2.51. The molecule has 0 N–H and O–H groups in total. The van der Waals surface area contributed by atoms with Gasteiger partial charge in [0.2, 0.25) is 5.89 Å². The zero-order valence-electron chi connectivity index (χ0n) is 13.6. The third kappa shape index (κ3) is 2.75. The molecule has 7 nitrogen and oxygen atoms in total. The highest BCUT2D eigenvalue weighted by molar-refractivity contribution is 5.72. The lowest BCUT2D eigenvalue weighted by Gasteiger charge is -2.21. The zero-order valence-corrected chi connectivity index (χ0v) is 13.6. The average Bonchev–Trinajstić information content (AvgIpc) is 3.27. The van der Waals surface area contributed by atoms with Gasteiger partial charge in [-0.3, -0.25) is 9.47 Å². The van der Waals surface area contributed by atoms with E-state index in [1.54, 1.807) is 4.57 Å². The van der Waals surface area contributed by atoms with Crippen LogP contribution in [0.2, 0.25) is 0 Å². The Morgan fingerprint density at radius 2 is 2.17 bits per heavy atom. The van der Waals surface area contributed by atoms with Crippen LogP contribution in [-0.2, 0) is 6.54 Å². The molecule has 1 aromatic carbocycles. The van der Waals surface area contributed by atoms with Crippen molar-refractivity contribution >= 4 is 11.1 Å². The summed E-state index contributed by atoms with van der Waals surface area (Å²) in [5.41, 5.74) is 1.50. The van der Waals surface area contributed by atoms with Crippen molar-refractivity contribution in [1.82, 2.24) is 19.6 Å². The topological polar surface area (TPSA) is 77.3 Å². The first kappa shape index (κ1) is 15.1. The molecule has 4 rings (SSSR count). The third-order valence-corrected chi connectivity index (χ3v) is 4.61. The molecule has 0 unspecified atom stereocenters. The smallest absolute Gasteiger partial charge is 0.408 e. The molecule has 0 aliphatic carbocycles. The van der Waals surface area contributed by atoms with E-state index in [2.05, 4.69) is 15.0 Å². The van der Waals surface area contributed by atoms with E-state index >= 15 is 0 Å². The molecule has 0 bridgehead atoms. The second-order valence-electron chi connectivity index (χ2n) is 6.21. The minimum atomic E-state index is -0.289. The number of benzene rings is 1. The molecule has 0 radical (unpaired) electrons. The Hall–Kier alpha value is -2.41. The molecule has 1 aliphatic heterocycles. The third-order valence-electron chi connectivity index (χ3n) is 4.61. The molecule has 1 saturated heterocycles. The summed E-state index contributed by atoms with van der Waals surface area (Å²) in [4.78, 5) is 18.7. The number of hydrogen-bond acceptors (Lipinski definition) is 6. The quantitative estimate of drug-likeness (QED) is 0.716. The highest BCUT2D eigenvalue weighted by Gasteiger charge is 2.29. The van der Waals surface area contributed by atoms with Gasteiger partial charge in [-0.2, -0.15) is 4.98 Å². The van der Waals surface area contributed by atoms with Crippen LogP contribution in [0.25, 0.3) is 11.1 Å². The minimum absolute atomic E-state index is 0.222. The molecular formula is C17H20N4O3. The van der Waals surface area contributed by atoms with E-state index in [1.165, 1.54) is 0 Å². The second-order valence-corrected chi connectivity index (χ2v) is 6.21. The van der Waals surface area contributed by atoms with E-state index in [4.69, 9.17) is 8.94 Å². The lowest BCUT2D eigenvalue weighted by atomic mass is 10.2. The summed E-state index contributed by atoms with van der Waals surface area (Å²) in [5, 5.41) is 4.06. The van der Waals surface area contributed by atoms with Crippen LogP contribution in [0.1, 0.15) is 37.0 Å². The molecular weight excluding hydrogens is 308 g/mol. The standard InChI is InChI=1S/C17H20N4O3/c1-12-18-16(19-24-12)14-7-4-9-20(14)10-5-11-21-13-6-2-3-8-15(13)23-17(21)22/h2-3,6,8,14H,4-5,7,9-11H2,1H3/t14-/m0/s1. The van der Waals surface area contributed by atoms with Crippen molar-refractivity contribution in [2.75, 3.05) is 13.1 Å². The van der Waals surface area contributed by atoms with Gasteiger partial charge in [0.25, 0.3) is 0 Å². The van der Waals surface area contributed by atoms with Crippen molar-refractivity contribution in [1.29, 1.82) is 0 Å². The van der Waals surface area contributed by atoms with Crippen LogP contribution in [0.15, 0.2) is 38.0 Å². The summed E-state index contributed by atoms with van der Waals surface area (Å²) in [6.07, 6.45) is 3.05. The molecule has 24 heavy (non-hydrogen) atoms. The molecule has 1 aliphatic rings. The van der Waals surface area contributed by atoms with Crippen LogP contribution in [0.5, 0.6) is 0 Å². The molecule has 0 amide bonds. The summed E-state index contributed by atoms with van der Waals surface area (Å²) >= 11 is 0. The lowest BCUT2D eigenvalue weighted by molar-refractivity contribution is 0.235. The first-order valence-electron chi connectivity index (χ1n) is 8.35. The van der Waals surface area contributed by atoms with E-state index < -0.39 is 0 Å². The number of oxazole rings is 1. The molecule has 3 aromatic rings. The molecule has 3 heterocycles. The van der Waals surface area contributed by atoms with Gasteiger partial charge in [0.15, 0.2) is 11.4 Å². The van der Waals surface area contributed by atoms with Crippen molar-refractivity contribution in [2.45, 2.75) is 38.8 Å². The van der Waals surface area contributed by atoms with Crippen molar-refractivity contribution in [3.8, 4) is 0 Å². The van der Waals surface area contributed by atoms with Crippen LogP contribution >= 0.6 is 0 Å². The minimum Gasteiger partial charge on any atom is -0.408 e. The lowest BCUT2D eigenvalue weighted by Crippen LogP contribution is -2.27. The molecule has 1 fully saturated rings. The van der Waals surface area contributed by atoms with Crippen molar-refractivity contribution in [2.24, 2.45) is 0 Å². The second kappa shape index (κ2) is 6.24. The SMILES string of the molecule is Cc1nc([C@@H]2CCCN2CCCn2c(=O)oc3ccccc32)no1. The van der Waals surface area contributed by atoms with E-state index in [0.717, 1.165) is 43.7 Å². The molecule has 1 atom stereocenters. The molecule has 0 spiro atoms. The van der Waals surface area contributed by atoms with Gasteiger partial charge in [-0.15, -0.1) is 0 Å². The van der Waals surface area contributed by atoms with Crippen LogP contribution in [0.4, 0.5) is 0 Å². The maximum atomic E-state index is 12.0. The van der Waals surface area contributed by atoms with Crippen molar-refractivity contribution < 1.29 is 8.94 Å². The van der Waals surface area contributed by atoms with Gasteiger partial charge in [0.1, 0.15) is 0 Å². The number of likely N-dealkylation sites (tertiary alicyclic amines) is 1. The van der Waals surface area contributed by atoms with Gasteiger partial charge in [0.05, 0.1) is 11.6 Å². The number of nitrogens with zero attached hydrogens (tertiary/aromatic N) is 4. The Labute approximate surface area is 138 Å². The maximum absolute atomic E-state index is 12.0. The molecule has 2 aromatic heterocycles. The normalized spacial score (nSPS) is 18.6. The Bertz CT molecular complexity index is 895. The van der Waals surface area contributed by atoms with Crippen molar-refractivity contribution in [3.05, 3.63) is 46.5 Å². The van der Waals surface area contributed by atoms with Gasteiger partial charge in [-0.1, -0.05) is 17.3 Å². The largest absolute Gasteiger partial charge is 0.419 e. The van der Waals surface area contributed by atoms with E-state index in [0.29, 0.717) is 18.0 Å². The maximum Gasteiger partial charge on any atom is 0.419 e. The number of fused-ring (bicyclic) bond motifs is 1. The van der Waals surface area contributed by atoms with Crippen LogP contribution < -0.4 is 5.76 Å². The van der Waals surface area contributed by atoms with Crippen LogP contribution in [-0.4, -0.2) is 32.7 Å². The van der Waals surface area contributed by atoms with Gasteiger partial charge < -0.3 is 8.94 Å². The first-order valence-corrected chi connectivity index (χ1v) is 8.35. The van der Waals surface area contributed by atoms with Gasteiger partial charge in [0, 0.05) is 20.0 Å². The summed E-state index contributed by atoms with van der Waals surface area (Å²) < 4.78 is 12.1. The van der Waals surface area contributed by atoms with Crippen molar-refractivity contribution in [3.63, 3.8) is 0 Å². The Morgan fingerprint density at radius 1 is 1.29 bits per heavy atom. The van der Waals surface area contributed by atoms with Crippen LogP contribution in [0, 0.1) is 6.92 Å². The fraction of sp³-hybridized carbons (Fsp3) is 0.471. The Kier molecular flexibility index (Phi) is 3.93. The van der Waals surface area contributed by atoms with Gasteiger partial charge in [-0.05, 0) is 37.9 Å². The fourth-order valence-corrected chi connectivity index (χ4v) is 3.49. The number of para-hydroxylation sites is 2. The molecule has 126 valence electrons. The van der Waals surface area contributed by atoms with E-state index in [1.807, 2.05) is 31.2 Å². The monoisotopic (exact) mass is 328 g/mol. The number of rotatable bonds is 5. The Balaban J connectivity index is 1.43. The molecule has 0 saturated carbocycles. The van der Waals surface area contributed by atoms with Crippen LogP contribution in [0.3, 0.4) is 0 Å². The number of aryl methyl sites for hydroxylation is 2. The summed E-state index contributed by atoms with van der Waals surface area (Å²) in [5.74, 6) is 1.09. The van der Waals surface area contributed by atoms with E-state index in [-0.39, 0.29) is 11.8 Å². The van der Waals surface area contributed by atoms with E-state index in [9.17, 15) is 4.79 Å². The Morgan fingerprint density at radius 3 is 3.00 bits per heavy atom. The first-order chi connectivity index (χ1) is 11.7. The zero-order chi connectivity index (χ0) is 16.5. The highest BCUT2D eigenvalue weighted by atomic mass is 16.5. The summed E-state index contributed by atoms with van der Waals surface area (Å²) in [7, 11) is 0.